The number of hydrogen-bond donors (Lipinski definition) is 1. The summed E-state index contributed by atoms with van der Waals surface area (Å²) in [4.78, 5) is 14.1. The van der Waals surface area contributed by atoms with Crippen LogP contribution in [0.5, 0.6) is 0 Å². The molecule has 0 aliphatic rings. The second-order valence-electron chi connectivity index (χ2n) is 2.53. The molecule has 76 valence electrons. The molecule has 14 heavy (non-hydrogen) atoms. The van der Waals surface area contributed by atoms with Gasteiger partial charge in [-0.2, -0.15) is 0 Å². The van der Waals surface area contributed by atoms with Crippen molar-refractivity contribution in [1.29, 1.82) is 0 Å². The lowest BCUT2D eigenvalue weighted by Crippen LogP contribution is -2.06. The lowest BCUT2D eigenvalue weighted by Gasteiger charge is -2.08. The molecule has 3 nitrogen and oxygen atoms in total. The smallest absolute Gasteiger partial charge is 0.264 e. The van der Waals surface area contributed by atoms with Crippen molar-refractivity contribution in [1.82, 2.24) is 4.98 Å². The Morgan fingerprint density at radius 2 is 2.29 bits per heavy atom. The van der Waals surface area contributed by atoms with Crippen molar-refractivity contribution in [2.24, 2.45) is 5.73 Å². The van der Waals surface area contributed by atoms with Gasteiger partial charge in [-0.3, -0.25) is 4.79 Å². The van der Waals surface area contributed by atoms with Crippen LogP contribution in [0.3, 0.4) is 0 Å². The van der Waals surface area contributed by atoms with Gasteiger partial charge < -0.3 is 5.73 Å². The topological polar surface area (TPSA) is 56.0 Å². The maximum absolute atomic E-state index is 12.5. The number of pyridine rings is 1. The summed E-state index contributed by atoms with van der Waals surface area (Å²) < 4.78 is 25.2. The Morgan fingerprint density at radius 3 is 2.71 bits per heavy atom. The van der Waals surface area contributed by atoms with Crippen LogP contribution in [0.4, 0.5) is 8.78 Å². The zero-order valence-electron chi connectivity index (χ0n) is 7.01. The molecule has 1 rings (SSSR count). The predicted octanol–water partition coefficient (Wildman–Crippen LogP) is 2.05. The fourth-order valence-corrected chi connectivity index (χ4v) is 1.63. The quantitative estimate of drug-likeness (QED) is 0.672. The Labute approximate surface area is 87.4 Å². The monoisotopic (exact) mass is 264 g/mol. The molecule has 0 bridgehead atoms. The minimum absolute atomic E-state index is 0.0376. The fourth-order valence-electron chi connectivity index (χ4n) is 1.04. The standard InChI is InChI=1S/C8H7BrF2N2O/c9-7-6(2-12)5(8(10)11)1-4(3-14)13-7/h1,3,8H,2,12H2. The minimum atomic E-state index is -2.66. The van der Waals surface area contributed by atoms with Gasteiger partial charge in [0.2, 0.25) is 0 Å². The number of aldehydes is 1. The predicted molar refractivity (Wildman–Crippen MR) is 50.2 cm³/mol. The number of nitrogens with two attached hydrogens (primary N) is 1. The number of rotatable bonds is 3. The van der Waals surface area contributed by atoms with Crippen molar-refractivity contribution >= 4 is 22.2 Å². The number of aromatic nitrogens is 1. The molecule has 0 unspecified atom stereocenters. The molecule has 0 saturated carbocycles. The number of halogens is 3. The van der Waals surface area contributed by atoms with Gasteiger partial charge in [0.05, 0.1) is 0 Å². The number of nitrogens with zero attached hydrogens (tertiary/aromatic N) is 1. The zero-order valence-corrected chi connectivity index (χ0v) is 8.59. The van der Waals surface area contributed by atoms with E-state index in [-0.39, 0.29) is 28.0 Å². The third-order valence-electron chi connectivity index (χ3n) is 1.69. The summed E-state index contributed by atoms with van der Waals surface area (Å²) in [5.74, 6) is 0. The minimum Gasteiger partial charge on any atom is -0.326 e. The van der Waals surface area contributed by atoms with E-state index in [1.54, 1.807) is 0 Å². The van der Waals surface area contributed by atoms with Gasteiger partial charge in [-0.25, -0.2) is 13.8 Å². The van der Waals surface area contributed by atoms with Gasteiger partial charge in [-0.05, 0) is 22.0 Å². The Balaban J connectivity index is 3.35. The van der Waals surface area contributed by atoms with E-state index >= 15 is 0 Å². The third-order valence-corrected chi connectivity index (χ3v) is 2.34. The Bertz CT molecular complexity index is 357. The number of hydrogen-bond acceptors (Lipinski definition) is 3. The molecule has 0 aromatic carbocycles. The van der Waals surface area contributed by atoms with Crippen molar-refractivity contribution in [3.8, 4) is 0 Å². The highest BCUT2D eigenvalue weighted by Crippen LogP contribution is 2.27. The van der Waals surface area contributed by atoms with Crippen molar-refractivity contribution in [3.05, 3.63) is 27.5 Å². The first-order valence-corrected chi connectivity index (χ1v) is 4.52. The van der Waals surface area contributed by atoms with Gasteiger partial charge in [-0.1, -0.05) is 0 Å². The van der Waals surface area contributed by atoms with Crippen LogP contribution >= 0.6 is 15.9 Å². The molecule has 0 aliphatic heterocycles. The first kappa shape index (κ1) is 11.2. The highest BCUT2D eigenvalue weighted by molar-refractivity contribution is 9.10. The molecule has 0 aliphatic carbocycles. The maximum atomic E-state index is 12.5. The summed E-state index contributed by atoms with van der Waals surface area (Å²) in [7, 11) is 0. The number of alkyl halides is 2. The lowest BCUT2D eigenvalue weighted by molar-refractivity contribution is 0.111. The van der Waals surface area contributed by atoms with Gasteiger partial charge in [0.25, 0.3) is 6.43 Å². The summed E-state index contributed by atoms with van der Waals surface area (Å²) in [5.41, 5.74) is 5.23. The number of carbonyl (C=O) groups is 1. The highest BCUT2D eigenvalue weighted by Gasteiger charge is 2.16. The average molecular weight is 265 g/mol. The Kier molecular flexibility index (Phi) is 3.65. The molecular formula is C8H7BrF2N2O. The molecule has 6 heteroatoms. The maximum Gasteiger partial charge on any atom is 0.264 e. The summed E-state index contributed by atoms with van der Waals surface area (Å²) in [6.45, 7) is -0.0492. The van der Waals surface area contributed by atoms with E-state index in [2.05, 4.69) is 20.9 Å². The van der Waals surface area contributed by atoms with Gasteiger partial charge in [0.15, 0.2) is 6.29 Å². The SMILES string of the molecule is NCc1c(C(F)F)cc(C=O)nc1Br. The third kappa shape index (κ3) is 2.13. The van der Waals surface area contributed by atoms with Crippen molar-refractivity contribution in [2.75, 3.05) is 0 Å². The Hall–Kier alpha value is -0.880. The molecule has 1 aromatic rings. The van der Waals surface area contributed by atoms with Crippen LogP contribution in [0, 0.1) is 0 Å². The van der Waals surface area contributed by atoms with Gasteiger partial charge in [0, 0.05) is 17.7 Å². The summed E-state index contributed by atoms with van der Waals surface area (Å²) in [6.07, 6.45) is -2.25. The van der Waals surface area contributed by atoms with Crippen LogP contribution in [0.15, 0.2) is 10.7 Å². The van der Waals surface area contributed by atoms with Gasteiger partial charge in [-0.15, -0.1) is 0 Å². The molecule has 2 N–H and O–H groups in total. The van der Waals surface area contributed by atoms with Crippen LogP contribution in [-0.4, -0.2) is 11.3 Å². The van der Waals surface area contributed by atoms with E-state index in [1.165, 1.54) is 0 Å². The first-order valence-electron chi connectivity index (χ1n) is 3.72. The van der Waals surface area contributed by atoms with Gasteiger partial charge in [0.1, 0.15) is 10.3 Å². The molecule has 0 amide bonds. The van der Waals surface area contributed by atoms with Crippen LogP contribution in [0.25, 0.3) is 0 Å². The van der Waals surface area contributed by atoms with Crippen LogP contribution < -0.4 is 5.73 Å². The van der Waals surface area contributed by atoms with Crippen molar-refractivity contribution in [3.63, 3.8) is 0 Å². The summed E-state index contributed by atoms with van der Waals surface area (Å²) >= 11 is 2.98. The highest BCUT2D eigenvalue weighted by atomic mass is 79.9. The molecule has 0 atom stereocenters. The summed E-state index contributed by atoms with van der Waals surface area (Å²) in [6, 6.07) is 1.05. The van der Waals surface area contributed by atoms with Crippen molar-refractivity contribution in [2.45, 2.75) is 13.0 Å². The van der Waals surface area contributed by atoms with E-state index in [0.29, 0.717) is 6.29 Å². The number of carbonyl (C=O) groups excluding carboxylic acids is 1. The van der Waals surface area contributed by atoms with Crippen molar-refractivity contribution < 1.29 is 13.6 Å². The zero-order chi connectivity index (χ0) is 10.7. The van der Waals surface area contributed by atoms with E-state index in [9.17, 15) is 13.6 Å². The largest absolute Gasteiger partial charge is 0.326 e. The molecule has 0 fully saturated rings. The second-order valence-corrected chi connectivity index (χ2v) is 3.28. The van der Waals surface area contributed by atoms with E-state index in [4.69, 9.17) is 5.73 Å². The van der Waals surface area contributed by atoms with E-state index in [1.807, 2.05) is 0 Å². The molecule has 0 radical (unpaired) electrons. The fraction of sp³-hybridized carbons (Fsp3) is 0.250. The summed E-state index contributed by atoms with van der Waals surface area (Å²) in [5, 5.41) is 0. The Morgan fingerprint density at radius 1 is 1.64 bits per heavy atom. The van der Waals surface area contributed by atoms with E-state index in [0.717, 1.165) is 6.07 Å². The molecule has 1 aromatic heterocycles. The molecule has 1 heterocycles. The molecule has 0 saturated heterocycles. The second kappa shape index (κ2) is 4.56. The normalized spacial score (nSPS) is 10.6. The van der Waals surface area contributed by atoms with Crippen LogP contribution in [0.2, 0.25) is 0 Å². The van der Waals surface area contributed by atoms with Gasteiger partial charge >= 0.3 is 0 Å². The van der Waals surface area contributed by atoms with Crippen LogP contribution in [0.1, 0.15) is 28.0 Å². The average Bonchev–Trinajstić information content (AvgIpc) is 2.16. The molecule has 0 spiro atoms. The first-order chi connectivity index (χ1) is 6.60. The van der Waals surface area contributed by atoms with Crippen LogP contribution in [-0.2, 0) is 6.54 Å². The lowest BCUT2D eigenvalue weighted by atomic mass is 10.1. The van der Waals surface area contributed by atoms with E-state index < -0.39 is 6.43 Å². The molecular weight excluding hydrogens is 258 g/mol.